The van der Waals surface area contributed by atoms with Crippen LogP contribution in [0, 0.1) is 5.92 Å². The molecule has 0 aromatic rings. The highest BCUT2D eigenvalue weighted by Crippen LogP contribution is 2.25. The Labute approximate surface area is 153 Å². The molecule has 1 saturated heterocycles. The van der Waals surface area contributed by atoms with E-state index in [0.717, 1.165) is 6.42 Å². The lowest BCUT2D eigenvalue weighted by Gasteiger charge is -2.29. The van der Waals surface area contributed by atoms with Crippen molar-refractivity contribution in [2.24, 2.45) is 5.92 Å². The first-order chi connectivity index (χ1) is 12.5. The van der Waals surface area contributed by atoms with Gasteiger partial charge in [-0.3, -0.25) is 19.6 Å². The molecule has 0 aromatic carbocycles. The van der Waals surface area contributed by atoms with Gasteiger partial charge < -0.3 is 15.3 Å². The van der Waals surface area contributed by atoms with Crippen LogP contribution in [-0.4, -0.2) is 64.8 Å². The highest BCUT2D eigenvalue weighted by atomic mass is 19.1. The van der Waals surface area contributed by atoms with Gasteiger partial charge in [-0.2, -0.15) is 0 Å². The molecule has 0 spiro atoms. The quantitative estimate of drug-likeness (QED) is 0.238. The maximum atomic E-state index is 14.4. The number of alkyl halides is 1. The zero-order chi connectivity index (χ0) is 19.5. The van der Waals surface area contributed by atoms with Crippen molar-refractivity contribution in [3.8, 4) is 0 Å². The van der Waals surface area contributed by atoms with Crippen molar-refractivity contribution in [1.82, 2.24) is 15.7 Å². The van der Waals surface area contributed by atoms with Crippen LogP contribution in [0.15, 0.2) is 0 Å². The van der Waals surface area contributed by atoms with Crippen LogP contribution in [0.2, 0.25) is 0 Å². The topological polar surface area (TPSA) is 119 Å². The summed E-state index contributed by atoms with van der Waals surface area (Å²) in [6.07, 6.45) is 1.62. The number of carbonyl (C=O) groups is 3. The summed E-state index contributed by atoms with van der Waals surface area (Å²) < 4.78 is 14.4. The summed E-state index contributed by atoms with van der Waals surface area (Å²) in [5, 5.41) is 20.1. The van der Waals surface area contributed by atoms with Gasteiger partial charge in [0.2, 0.25) is 11.8 Å². The van der Waals surface area contributed by atoms with Crippen molar-refractivity contribution in [3.63, 3.8) is 0 Å². The summed E-state index contributed by atoms with van der Waals surface area (Å²) >= 11 is 0. The van der Waals surface area contributed by atoms with Crippen LogP contribution in [0.5, 0.6) is 0 Å². The van der Waals surface area contributed by atoms with Crippen LogP contribution in [0.1, 0.15) is 51.9 Å². The summed E-state index contributed by atoms with van der Waals surface area (Å²) in [4.78, 5) is 37.9. The molecular weight excluding hydrogens is 345 g/mol. The molecule has 0 unspecified atom stereocenters. The monoisotopic (exact) mass is 375 g/mol. The molecule has 0 radical (unpaired) electrons. The average molecular weight is 375 g/mol. The maximum absolute atomic E-state index is 14.4. The molecule has 1 aliphatic heterocycles. The number of amides is 3. The van der Waals surface area contributed by atoms with E-state index in [0.29, 0.717) is 45.2 Å². The van der Waals surface area contributed by atoms with Crippen LogP contribution in [0.25, 0.3) is 0 Å². The van der Waals surface area contributed by atoms with Crippen molar-refractivity contribution in [3.05, 3.63) is 0 Å². The smallest absolute Gasteiger partial charge is 0.278 e. The molecular formula is C17H30FN3O5. The number of rotatable bonds is 11. The SMILES string of the molecule is CCCC[C@@H](C(=O)N1CCC[C@H]1C(=O)NCCCCO)[C@H](F)C(=O)NO. The third-order valence-electron chi connectivity index (χ3n) is 4.62. The predicted molar refractivity (Wildman–Crippen MR) is 91.9 cm³/mol. The number of hydroxylamine groups is 1. The van der Waals surface area contributed by atoms with Crippen molar-refractivity contribution in [2.75, 3.05) is 19.7 Å². The Morgan fingerprint density at radius 3 is 2.62 bits per heavy atom. The molecule has 1 rings (SSSR count). The second-order valence-electron chi connectivity index (χ2n) is 6.54. The van der Waals surface area contributed by atoms with Crippen LogP contribution in [0.3, 0.4) is 0 Å². The van der Waals surface area contributed by atoms with Crippen molar-refractivity contribution < 1.29 is 29.1 Å². The van der Waals surface area contributed by atoms with Crippen LogP contribution in [0.4, 0.5) is 4.39 Å². The first-order valence-electron chi connectivity index (χ1n) is 9.24. The molecule has 3 atom stereocenters. The zero-order valence-electron chi connectivity index (χ0n) is 15.2. The van der Waals surface area contributed by atoms with Gasteiger partial charge >= 0.3 is 0 Å². The number of hydrogen-bond acceptors (Lipinski definition) is 5. The van der Waals surface area contributed by atoms with Gasteiger partial charge in [-0.05, 0) is 32.1 Å². The molecule has 1 aliphatic rings. The Morgan fingerprint density at radius 2 is 2.00 bits per heavy atom. The minimum absolute atomic E-state index is 0.0494. The average Bonchev–Trinajstić information content (AvgIpc) is 3.14. The molecule has 4 N–H and O–H groups in total. The van der Waals surface area contributed by atoms with Gasteiger partial charge in [0.15, 0.2) is 6.17 Å². The highest BCUT2D eigenvalue weighted by molar-refractivity contribution is 5.92. The van der Waals surface area contributed by atoms with Crippen molar-refractivity contribution in [1.29, 1.82) is 0 Å². The minimum Gasteiger partial charge on any atom is -0.396 e. The number of aliphatic hydroxyl groups is 1. The second kappa shape index (κ2) is 11.8. The summed E-state index contributed by atoms with van der Waals surface area (Å²) in [5.74, 6) is -3.33. The lowest BCUT2D eigenvalue weighted by molar-refractivity contribution is -0.149. The molecule has 1 fully saturated rings. The first kappa shape index (κ1) is 22.3. The maximum Gasteiger partial charge on any atom is 0.278 e. The van der Waals surface area contributed by atoms with Gasteiger partial charge in [-0.25, -0.2) is 9.87 Å². The van der Waals surface area contributed by atoms with Crippen LogP contribution in [-0.2, 0) is 14.4 Å². The molecule has 26 heavy (non-hydrogen) atoms. The van der Waals surface area contributed by atoms with Crippen LogP contribution >= 0.6 is 0 Å². The first-order valence-corrected chi connectivity index (χ1v) is 9.24. The van der Waals surface area contributed by atoms with Gasteiger partial charge in [-0.15, -0.1) is 0 Å². The van der Waals surface area contributed by atoms with Gasteiger partial charge in [-0.1, -0.05) is 19.8 Å². The van der Waals surface area contributed by atoms with E-state index in [1.165, 1.54) is 10.4 Å². The molecule has 3 amide bonds. The Morgan fingerprint density at radius 1 is 1.27 bits per heavy atom. The number of nitrogens with zero attached hydrogens (tertiary/aromatic N) is 1. The van der Waals surface area contributed by atoms with Crippen LogP contribution < -0.4 is 10.8 Å². The Hall–Kier alpha value is -1.74. The summed E-state index contributed by atoms with van der Waals surface area (Å²) in [6, 6.07) is -0.676. The van der Waals surface area contributed by atoms with Crippen molar-refractivity contribution in [2.45, 2.75) is 64.1 Å². The molecule has 8 nitrogen and oxygen atoms in total. The summed E-state index contributed by atoms with van der Waals surface area (Å²) in [5.41, 5.74) is 1.26. The van der Waals surface area contributed by atoms with E-state index in [2.05, 4.69) is 5.32 Å². The molecule has 1 heterocycles. The number of carbonyl (C=O) groups excluding carboxylic acids is 3. The van der Waals surface area contributed by atoms with E-state index in [4.69, 9.17) is 10.3 Å². The summed E-state index contributed by atoms with van der Waals surface area (Å²) in [6.45, 7) is 2.67. The van der Waals surface area contributed by atoms with Gasteiger partial charge in [0, 0.05) is 19.7 Å². The van der Waals surface area contributed by atoms with E-state index in [9.17, 15) is 18.8 Å². The van der Waals surface area contributed by atoms with E-state index in [1.807, 2.05) is 6.92 Å². The molecule has 0 aliphatic carbocycles. The van der Waals surface area contributed by atoms with Gasteiger partial charge in [0.25, 0.3) is 5.91 Å². The fourth-order valence-electron chi connectivity index (χ4n) is 3.15. The lowest BCUT2D eigenvalue weighted by Crippen LogP contribution is -2.51. The third kappa shape index (κ3) is 6.21. The fraction of sp³-hybridized carbons (Fsp3) is 0.824. The zero-order valence-corrected chi connectivity index (χ0v) is 15.2. The second-order valence-corrected chi connectivity index (χ2v) is 6.54. The standard InChI is InChI=1S/C17H30FN3O5/c1-2-3-7-12(14(18)16(24)20-26)17(25)21-10-6-8-13(21)15(23)19-9-4-5-11-22/h12-14,22,26H,2-11H2,1H3,(H,19,23)(H,20,24)/t12-,13+,14+/m1/s1. The molecule has 0 saturated carbocycles. The van der Waals surface area contributed by atoms with E-state index in [-0.39, 0.29) is 18.9 Å². The number of hydrogen-bond donors (Lipinski definition) is 4. The van der Waals surface area contributed by atoms with E-state index < -0.39 is 29.9 Å². The number of nitrogens with one attached hydrogen (secondary N) is 2. The van der Waals surface area contributed by atoms with Gasteiger partial charge in [0.05, 0.1) is 5.92 Å². The number of likely N-dealkylation sites (tertiary alicyclic amines) is 1. The Bertz CT molecular complexity index is 477. The van der Waals surface area contributed by atoms with E-state index in [1.54, 1.807) is 0 Å². The third-order valence-corrected chi connectivity index (χ3v) is 4.62. The lowest BCUT2D eigenvalue weighted by atomic mass is 9.94. The fourth-order valence-corrected chi connectivity index (χ4v) is 3.15. The highest BCUT2D eigenvalue weighted by Gasteiger charge is 2.41. The normalized spacial score (nSPS) is 19.1. The molecule has 9 heteroatoms. The predicted octanol–water partition coefficient (Wildman–Crippen LogP) is 0.516. The Kier molecular flexibility index (Phi) is 10.1. The largest absolute Gasteiger partial charge is 0.396 e. The molecule has 150 valence electrons. The van der Waals surface area contributed by atoms with Gasteiger partial charge in [0.1, 0.15) is 6.04 Å². The molecule has 0 aromatic heterocycles. The Balaban J connectivity index is 2.77. The number of halogens is 1. The number of aliphatic hydroxyl groups excluding tert-OH is 1. The molecule has 0 bridgehead atoms. The van der Waals surface area contributed by atoms with E-state index >= 15 is 0 Å². The van der Waals surface area contributed by atoms with Crippen molar-refractivity contribution >= 4 is 17.7 Å². The summed E-state index contributed by atoms with van der Waals surface area (Å²) in [7, 11) is 0. The number of unbranched alkanes of at least 4 members (excludes halogenated alkanes) is 2. The minimum atomic E-state index is -2.16.